The number of β-amino-alcohol motifs (C(OH)–C–C–N with tert-alkyl or cyclic N) is 1. The van der Waals surface area contributed by atoms with Crippen molar-refractivity contribution in [1.82, 2.24) is 30.2 Å². The summed E-state index contributed by atoms with van der Waals surface area (Å²) in [4.78, 5) is 6.64. The molecule has 0 amide bonds. The maximum absolute atomic E-state index is 14.9. The smallest absolute Gasteiger partial charge is 0.168 e. The molecule has 0 atom stereocenters. The second-order valence-corrected chi connectivity index (χ2v) is 9.21. The highest BCUT2D eigenvalue weighted by Gasteiger charge is 2.26. The molecule has 2 N–H and O–H groups in total. The van der Waals surface area contributed by atoms with Crippen molar-refractivity contribution in [3.63, 3.8) is 0 Å². The summed E-state index contributed by atoms with van der Waals surface area (Å²) in [5.41, 5.74) is 1.42. The van der Waals surface area contributed by atoms with E-state index in [-0.39, 0.29) is 17.2 Å². The fraction of sp³-hybridized carbons (Fsp3) is 0.458. The largest absolute Gasteiger partial charge is 0.389 e. The molecule has 1 aromatic carbocycles. The Bertz CT molecular complexity index is 1160. The average molecular weight is 457 g/mol. The first-order valence-electron chi connectivity index (χ1n) is 11.2. The number of aromatic nitrogens is 4. The lowest BCUT2D eigenvalue weighted by Gasteiger charge is -2.35. The van der Waals surface area contributed by atoms with Gasteiger partial charge in [-0.05, 0) is 51.8 Å². The number of fused-ring (bicyclic) bond motifs is 1. The van der Waals surface area contributed by atoms with E-state index in [1.807, 2.05) is 25.5 Å². The fourth-order valence-electron chi connectivity index (χ4n) is 4.41. The van der Waals surface area contributed by atoms with Crippen LogP contribution < -0.4 is 5.32 Å². The normalized spacial score (nSPS) is 15.8. The van der Waals surface area contributed by atoms with Gasteiger partial charge in [0.25, 0.3) is 0 Å². The van der Waals surface area contributed by atoms with Gasteiger partial charge in [0, 0.05) is 43.0 Å². The van der Waals surface area contributed by atoms with Crippen molar-refractivity contribution in [3.8, 4) is 11.3 Å². The molecule has 1 saturated heterocycles. The zero-order valence-electron chi connectivity index (χ0n) is 19.3. The van der Waals surface area contributed by atoms with Gasteiger partial charge in [-0.3, -0.25) is 4.98 Å². The SMILES string of the molecule is C=C(NCC)c1ccc(-c2cc3nnn(C4CCN(CC(C)(C)O)CC4)c3cn2)c(F)c1F. The van der Waals surface area contributed by atoms with Crippen LogP contribution in [-0.4, -0.2) is 61.8 Å². The van der Waals surface area contributed by atoms with Gasteiger partial charge in [-0.1, -0.05) is 11.8 Å². The molecular weight excluding hydrogens is 426 g/mol. The van der Waals surface area contributed by atoms with E-state index in [1.54, 1.807) is 12.3 Å². The second-order valence-electron chi connectivity index (χ2n) is 9.21. The highest BCUT2D eigenvalue weighted by atomic mass is 19.2. The van der Waals surface area contributed by atoms with Crippen molar-refractivity contribution >= 4 is 16.7 Å². The summed E-state index contributed by atoms with van der Waals surface area (Å²) in [7, 11) is 0. The molecule has 7 nitrogen and oxygen atoms in total. The lowest BCUT2D eigenvalue weighted by atomic mass is 10.0. The molecule has 3 heterocycles. The topological polar surface area (TPSA) is 79.1 Å². The summed E-state index contributed by atoms with van der Waals surface area (Å²) < 4.78 is 31.4. The number of halogens is 2. The monoisotopic (exact) mass is 456 g/mol. The molecule has 2 aromatic heterocycles. The maximum atomic E-state index is 14.9. The number of piperidine rings is 1. The summed E-state index contributed by atoms with van der Waals surface area (Å²) in [6.45, 7) is 12.2. The predicted octanol–water partition coefficient (Wildman–Crippen LogP) is 3.76. The molecule has 4 rings (SSSR count). The summed E-state index contributed by atoms with van der Waals surface area (Å²) >= 11 is 0. The van der Waals surface area contributed by atoms with Crippen molar-refractivity contribution < 1.29 is 13.9 Å². The Morgan fingerprint density at radius 3 is 2.64 bits per heavy atom. The van der Waals surface area contributed by atoms with E-state index in [2.05, 4.69) is 32.1 Å². The Kier molecular flexibility index (Phi) is 6.45. The molecule has 176 valence electrons. The maximum Gasteiger partial charge on any atom is 0.168 e. The van der Waals surface area contributed by atoms with Crippen molar-refractivity contribution in [1.29, 1.82) is 0 Å². The van der Waals surface area contributed by atoms with Crippen molar-refractivity contribution in [3.05, 3.63) is 48.2 Å². The van der Waals surface area contributed by atoms with Gasteiger partial charge in [0.2, 0.25) is 0 Å². The minimum Gasteiger partial charge on any atom is -0.389 e. The lowest BCUT2D eigenvalue weighted by Crippen LogP contribution is -2.43. The summed E-state index contributed by atoms with van der Waals surface area (Å²) in [5, 5.41) is 21.5. The molecule has 1 aliphatic heterocycles. The lowest BCUT2D eigenvalue weighted by molar-refractivity contribution is 0.0247. The molecule has 0 bridgehead atoms. The highest BCUT2D eigenvalue weighted by Crippen LogP contribution is 2.30. The molecule has 1 fully saturated rings. The van der Waals surface area contributed by atoms with Crippen LogP contribution in [0.25, 0.3) is 28.0 Å². The van der Waals surface area contributed by atoms with Crippen LogP contribution in [0.15, 0.2) is 31.0 Å². The minimum absolute atomic E-state index is 0.0666. The molecule has 0 radical (unpaired) electrons. The summed E-state index contributed by atoms with van der Waals surface area (Å²) in [5.74, 6) is -1.92. The van der Waals surface area contributed by atoms with Crippen LogP contribution in [0.2, 0.25) is 0 Å². The Hall–Kier alpha value is -2.91. The van der Waals surface area contributed by atoms with Crippen LogP contribution in [0.5, 0.6) is 0 Å². The van der Waals surface area contributed by atoms with E-state index < -0.39 is 17.2 Å². The number of nitrogens with one attached hydrogen (secondary N) is 1. The molecule has 0 aliphatic carbocycles. The van der Waals surface area contributed by atoms with Crippen LogP contribution in [-0.2, 0) is 0 Å². The number of hydrogen-bond acceptors (Lipinski definition) is 6. The van der Waals surface area contributed by atoms with Gasteiger partial charge in [0.1, 0.15) is 11.0 Å². The van der Waals surface area contributed by atoms with E-state index in [9.17, 15) is 13.9 Å². The Labute approximate surface area is 192 Å². The standard InChI is InChI=1S/C24H30F2N6O/c1-5-27-15(2)17-6-7-18(23(26)22(17)25)19-12-20-21(13-28-19)32(30-29-20)16-8-10-31(11-9-16)14-24(3,4)33/h6-7,12-13,16,27,33H,2,5,8-11,14H2,1,3-4H3. The Morgan fingerprint density at radius 2 is 1.97 bits per heavy atom. The van der Waals surface area contributed by atoms with Gasteiger partial charge in [-0.2, -0.15) is 0 Å². The van der Waals surface area contributed by atoms with E-state index in [0.29, 0.717) is 30.0 Å². The van der Waals surface area contributed by atoms with Gasteiger partial charge in [0.15, 0.2) is 11.6 Å². The highest BCUT2D eigenvalue weighted by molar-refractivity contribution is 5.79. The van der Waals surface area contributed by atoms with E-state index in [1.165, 1.54) is 12.1 Å². The third-order valence-corrected chi connectivity index (χ3v) is 5.94. The van der Waals surface area contributed by atoms with Crippen molar-refractivity contribution in [2.75, 3.05) is 26.2 Å². The zero-order chi connectivity index (χ0) is 23.8. The molecule has 0 unspecified atom stereocenters. The number of hydrogen-bond donors (Lipinski definition) is 2. The molecule has 1 aliphatic rings. The zero-order valence-corrected chi connectivity index (χ0v) is 19.3. The van der Waals surface area contributed by atoms with Crippen LogP contribution in [0, 0.1) is 11.6 Å². The molecule has 33 heavy (non-hydrogen) atoms. The minimum atomic E-state index is -0.968. The van der Waals surface area contributed by atoms with Gasteiger partial charge < -0.3 is 15.3 Å². The van der Waals surface area contributed by atoms with E-state index >= 15 is 0 Å². The van der Waals surface area contributed by atoms with Crippen molar-refractivity contribution in [2.24, 2.45) is 0 Å². The van der Waals surface area contributed by atoms with Crippen LogP contribution in [0.3, 0.4) is 0 Å². The molecule has 0 saturated carbocycles. The van der Waals surface area contributed by atoms with Gasteiger partial charge >= 0.3 is 0 Å². The number of benzene rings is 1. The van der Waals surface area contributed by atoms with Crippen LogP contribution in [0.1, 0.15) is 45.2 Å². The van der Waals surface area contributed by atoms with Gasteiger partial charge in [-0.15, -0.1) is 5.10 Å². The fourth-order valence-corrected chi connectivity index (χ4v) is 4.41. The van der Waals surface area contributed by atoms with Gasteiger partial charge in [-0.25, -0.2) is 13.5 Å². The predicted molar refractivity (Wildman–Crippen MR) is 124 cm³/mol. The third-order valence-electron chi connectivity index (χ3n) is 5.94. The van der Waals surface area contributed by atoms with Crippen LogP contribution in [0.4, 0.5) is 8.78 Å². The third kappa shape index (κ3) is 4.89. The average Bonchev–Trinajstić information content (AvgIpc) is 3.18. The first-order chi connectivity index (χ1) is 15.7. The molecule has 0 spiro atoms. The quantitative estimate of drug-likeness (QED) is 0.564. The number of aliphatic hydroxyl groups is 1. The van der Waals surface area contributed by atoms with Crippen molar-refractivity contribution in [2.45, 2.75) is 45.3 Å². The van der Waals surface area contributed by atoms with Gasteiger partial charge in [0.05, 0.1) is 23.5 Å². The van der Waals surface area contributed by atoms with E-state index in [4.69, 9.17) is 0 Å². The van der Waals surface area contributed by atoms with E-state index in [0.717, 1.165) is 31.4 Å². The second kappa shape index (κ2) is 9.15. The van der Waals surface area contributed by atoms with Crippen LogP contribution >= 0.6 is 0 Å². The Morgan fingerprint density at radius 1 is 1.24 bits per heavy atom. The molecule has 3 aromatic rings. The first kappa shape index (κ1) is 23.3. The molecule has 9 heteroatoms. The number of pyridine rings is 1. The number of likely N-dealkylation sites (tertiary alicyclic amines) is 1. The number of rotatable bonds is 7. The first-order valence-corrected chi connectivity index (χ1v) is 11.2. The summed E-state index contributed by atoms with van der Waals surface area (Å²) in [6.07, 6.45) is 3.39. The Balaban J connectivity index is 1.56. The summed E-state index contributed by atoms with van der Waals surface area (Å²) in [6, 6.07) is 4.82. The molecular formula is C24H30F2N6O. The number of nitrogens with zero attached hydrogens (tertiary/aromatic N) is 5.